The highest BCUT2D eigenvalue weighted by Crippen LogP contribution is 2.46. The van der Waals surface area contributed by atoms with Gasteiger partial charge in [0.05, 0.1) is 11.1 Å². The van der Waals surface area contributed by atoms with Crippen molar-refractivity contribution in [3.05, 3.63) is 200 Å². The summed E-state index contributed by atoms with van der Waals surface area (Å²) < 4.78 is 13.2. The summed E-state index contributed by atoms with van der Waals surface area (Å²) in [6.07, 6.45) is 0. The van der Waals surface area contributed by atoms with Crippen LogP contribution in [-0.2, 0) is 0 Å². The molecule has 0 fully saturated rings. The standard InChI is InChI=1S/C55H33N3O2/c1-3-16-34(17-4-1)37-32-46(36-18-5-2-6-19-36)50(41-25-13-21-35-20-7-8-22-38(35)41)47(33-37)55-57-53(44-28-14-26-42-39-23-9-11-30-48(39)59-51(42)44)56-54(58-55)45-29-15-27-43-40-24-10-12-31-49(40)60-52(43)45/h1-33H. The molecule has 0 atom stereocenters. The van der Waals surface area contributed by atoms with Gasteiger partial charge >= 0.3 is 0 Å². The molecular weight excluding hydrogens is 735 g/mol. The fourth-order valence-corrected chi connectivity index (χ4v) is 8.78. The lowest BCUT2D eigenvalue weighted by Crippen LogP contribution is -2.03. The summed E-state index contributed by atoms with van der Waals surface area (Å²) in [4.78, 5) is 16.2. The minimum atomic E-state index is 0.503. The van der Waals surface area contributed by atoms with Crippen LogP contribution in [0.3, 0.4) is 0 Å². The van der Waals surface area contributed by atoms with E-state index in [0.717, 1.165) is 105 Å². The Hall–Kier alpha value is -8.15. The first-order valence-corrected chi connectivity index (χ1v) is 20.1. The van der Waals surface area contributed by atoms with Gasteiger partial charge in [-0.05, 0) is 75.0 Å². The van der Waals surface area contributed by atoms with Gasteiger partial charge in [-0.25, -0.2) is 15.0 Å². The molecular formula is C55H33N3O2. The molecule has 0 aliphatic rings. The van der Waals surface area contributed by atoms with Crippen LogP contribution in [0.15, 0.2) is 209 Å². The highest BCUT2D eigenvalue weighted by Gasteiger charge is 2.24. The summed E-state index contributed by atoms with van der Waals surface area (Å²) in [5.74, 6) is 1.54. The highest BCUT2D eigenvalue weighted by molar-refractivity contribution is 6.11. The molecule has 60 heavy (non-hydrogen) atoms. The molecule has 12 aromatic rings. The van der Waals surface area contributed by atoms with Crippen molar-refractivity contribution in [2.45, 2.75) is 0 Å². The van der Waals surface area contributed by atoms with Crippen LogP contribution in [0.1, 0.15) is 0 Å². The van der Waals surface area contributed by atoms with E-state index in [4.69, 9.17) is 23.8 Å². The molecule has 0 aliphatic heterocycles. The maximum absolute atomic E-state index is 6.62. The lowest BCUT2D eigenvalue weighted by Gasteiger charge is -2.20. The topological polar surface area (TPSA) is 65.0 Å². The Bertz CT molecular complexity index is 3470. The van der Waals surface area contributed by atoms with Gasteiger partial charge in [0.1, 0.15) is 22.3 Å². The monoisotopic (exact) mass is 767 g/mol. The number of rotatable bonds is 6. The van der Waals surface area contributed by atoms with Gasteiger partial charge in [0.25, 0.3) is 0 Å². The molecule has 0 spiro atoms. The van der Waals surface area contributed by atoms with E-state index in [9.17, 15) is 0 Å². The Balaban J connectivity index is 1.22. The van der Waals surface area contributed by atoms with Crippen molar-refractivity contribution < 1.29 is 8.83 Å². The minimum absolute atomic E-state index is 0.503. The summed E-state index contributed by atoms with van der Waals surface area (Å²) in [6.45, 7) is 0. The average Bonchev–Trinajstić information content (AvgIpc) is 3.90. The quantitative estimate of drug-likeness (QED) is 0.169. The smallest absolute Gasteiger partial charge is 0.167 e. The van der Waals surface area contributed by atoms with Gasteiger partial charge in [-0.3, -0.25) is 0 Å². The van der Waals surface area contributed by atoms with E-state index >= 15 is 0 Å². The highest BCUT2D eigenvalue weighted by atomic mass is 16.3. The molecule has 3 aromatic heterocycles. The van der Waals surface area contributed by atoms with E-state index in [1.807, 2.05) is 60.7 Å². The second kappa shape index (κ2) is 13.8. The zero-order valence-corrected chi connectivity index (χ0v) is 32.2. The first kappa shape index (κ1) is 33.9. The van der Waals surface area contributed by atoms with Crippen molar-refractivity contribution in [1.82, 2.24) is 15.0 Å². The molecule has 5 nitrogen and oxygen atoms in total. The van der Waals surface area contributed by atoms with E-state index in [1.165, 1.54) is 0 Å². The zero-order chi connectivity index (χ0) is 39.6. The summed E-state index contributed by atoms with van der Waals surface area (Å²) in [5.41, 5.74) is 11.9. The maximum Gasteiger partial charge on any atom is 0.167 e. The molecule has 9 aromatic carbocycles. The van der Waals surface area contributed by atoms with Gasteiger partial charge in [0.15, 0.2) is 17.5 Å². The van der Waals surface area contributed by atoms with Gasteiger partial charge in [-0.2, -0.15) is 0 Å². The number of aromatic nitrogens is 3. The van der Waals surface area contributed by atoms with Crippen LogP contribution in [0.4, 0.5) is 0 Å². The second-order valence-electron chi connectivity index (χ2n) is 15.1. The molecule has 0 saturated carbocycles. The Labute approximate surface area is 344 Å². The first-order chi connectivity index (χ1) is 29.7. The van der Waals surface area contributed by atoms with Crippen molar-refractivity contribution in [2.75, 3.05) is 0 Å². The van der Waals surface area contributed by atoms with Crippen LogP contribution in [0.5, 0.6) is 0 Å². The average molecular weight is 768 g/mol. The normalized spacial score (nSPS) is 11.7. The van der Waals surface area contributed by atoms with E-state index in [1.54, 1.807) is 0 Å². The van der Waals surface area contributed by atoms with Gasteiger partial charge in [-0.1, -0.05) is 164 Å². The van der Waals surface area contributed by atoms with E-state index < -0.39 is 0 Å². The molecule has 0 unspecified atom stereocenters. The van der Waals surface area contributed by atoms with E-state index in [-0.39, 0.29) is 0 Å². The van der Waals surface area contributed by atoms with Crippen LogP contribution in [0.25, 0.3) is 122 Å². The number of fused-ring (bicyclic) bond motifs is 7. The fraction of sp³-hybridized carbons (Fsp3) is 0. The molecule has 3 heterocycles. The number of hydrogen-bond acceptors (Lipinski definition) is 5. The number of benzene rings is 9. The lowest BCUT2D eigenvalue weighted by molar-refractivity contribution is 0.669. The molecule has 0 N–H and O–H groups in total. The van der Waals surface area contributed by atoms with Gasteiger partial charge in [0, 0.05) is 32.7 Å². The Kier molecular flexibility index (Phi) is 7.78. The summed E-state index contributed by atoms with van der Waals surface area (Å²) >= 11 is 0. The molecule has 0 radical (unpaired) electrons. The number of para-hydroxylation sites is 4. The number of furan rings is 2. The lowest BCUT2D eigenvalue weighted by atomic mass is 9.85. The van der Waals surface area contributed by atoms with Crippen molar-refractivity contribution in [3.63, 3.8) is 0 Å². The van der Waals surface area contributed by atoms with Crippen molar-refractivity contribution in [3.8, 4) is 67.5 Å². The minimum Gasteiger partial charge on any atom is -0.455 e. The predicted molar refractivity (Wildman–Crippen MR) is 245 cm³/mol. The molecule has 0 saturated heterocycles. The van der Waals surface area contributed by atoms with Crippen molar-refractivity contribution >= 4 is 54.6 Å². The number of hydrogen-bond donors (Lipinski definition) is 0. The summed E-state index contributed by atoms with van der Waals surface area (Å²) in [5, 5.41) is 6.37. The van der Waals surface area contributed by atoms with Crippen LogP contribution in [-0.4, -0.2) is 15.0 Å². The van der Waals surface area contributed by atoms with Crippen LogP contribution in [0, 0.1) is 0 Å². The second-order valence-corrected chi connectivity index (χ2v) is 15.1. The molecule has 0 bridgehead atoms. The number of nitrogens with zero attached hydrogens (tertiary/aromatic N) is 3. The Morgan fingerprint density at radius 1 is 0.283 bits per heavy atom. The summed E-state index contributed by atoms with van der Waals surface area (Å²) in [6, 6.07) is 69.4. The SMILES string of the molecule is c1ccc(-c2cc(-c3ccccc3)c(-c3cccc4ccccc34)c(-c3nc(-c4cccc5c4oc4ccccc45)nc(-c4cccc5c4oc4ccccc45)n3)c2)cc1. The molecule has 5 heteroatoms. The third-order valence-electron chi connectivity index (χ3n) is 11.6. The van der Waals surface area contributed by atoms with Crippen molar-refractivity contribution in [1.29, 1.82) is 0 Å². The zero-order valence-electron chi connectivity index (χ0n) is 32.2. The van der Waals surface area contributed by atoms with Crippen LogP contribution in [0.2, 0.25) is 0 Å². The Morgan fingerprint density at radius 2 is 0.717 bits per heavy atom. The van der Waals surface area contributed by atoms with Gasteiger partial charge in [-0.15, -0.1) is 0 Å². The third-order valence-corrected chi connectivity index (χ3v) is 11.6. The van der Waals surface area contributed by atoms with Crippen LogP contribution >= 0.6 is 0 Å². The largest absolute Gasteiger partial charge is 0.455 e. The summed E-state index contributed by atoms with van der Waals surface area (Å²) in [7, 11) is 0. The maximum atomic E-state index is 6.62. The van der Waals surface area contributed by atoms with Crippen molar-refractivity contribution in [2.24, 2.45) is 0 Å². The molecule has 280 valence electrons. The first-order valence-electron chi connectivity index (χ1n) is 20.1. The van der Waals surface area contributed by atoms with Crippen LogP contribution < -0.4 is 0 Å². The predicted octanol–water partition coefficient (Wildman–Crippen LogP) is 14.8. The Morgan fingerprint density at radius 3 is 1.33 bits per heavy atom. The molecule has 12 rings (SSSR count). The van der Waals surface area contributed by atoms with Gasteiger partial charge < -0.3 is 8.83 Å². The molecule has 0 aliphatic carbocycles. The molecule has 0 amide bonds. The third kappa shape index (κ3) is 5.52. The fourth-order valence-electron chi connectivity index (χ4n) is 8.78. The van der Waals surface area contributed by atoms with E-state index in [2.05, 4.69) is 140 Å². The van der Waals surface area contributed by atoms with E-state index in [0.29, 0.717) is 17.5 Å². The van der Waals surface area contributed by atoms with Gasteiger partial charge in [0.2, 0.25) is 0 Å².